The predicted molar refractivity (Wildman–Crippen MR) is 102 cm³/mol. The Balaban J connectivity index is 1.34. The van der Waals surface area contributed by atoms with E-state index >= 15 is 0 Å². The number of hydrogen-bond donors (Lipinski definition) is 1. The van der Waals surface area contributed by atoms with Crippen LogP contribution in [0.1, 0.15) is 59.5 Å². The van der Waals surface area contributed by atoms with Crippen molar-refractivity contribution in [1.82, 2.24) is 35.0 Å². The molecule has 1 saturated carbocycles. The van der Waals surface area contributed by atoms with Gasteiger partial charge in [-0.3, -0.25) is 19.0 Å². The molecule has 1 N–H and O–H groups in total. The predicted octanol–water partition coefficient (Wildman–Crippen LogP) is 1.24. The average molecular weight is 385 g/mol. The number of rotatable bonds is 7. The maximum absolute atomic E-state index is 12.9. The molecule has 28 heavy (non-hydrogen) atoms. The number of amides is 2. The number of aryl methyl sites for hydroxylation is 2. The molecule has 1 aliphatic carbocycles. The molecule has 0 spiro atoms. The molecule has 4 rings (SSSR count). The summed E-state index contributed by atoms with van der Waals surface area (Å²) in [4.78, 5) is 27.0. The molecular weight excluding hydrogens is 358 g/mol. The Hall–Kier alpha value is -2.71. The Morgan fingerprint density at radius 1 is 1.25 bits per heavy atom. The summed E-state index contributed by atoms with van der Waals surface area (Å²) < 4.78 is 3.32. The smallest absolute Gasteiger partial charge is 0.273 e. The van der Waals surface area contributed by atoms with Crippen LogP contribution in [0.4, 0.5) is 0 Å². The van der Waals surface area contributed by atoms with Crippen molar-refractivity contribution in [2.45, 2.75) is 51.1 Å². The molecule has 1 unspecified atom stereocenters. The third-order valence-electron chi connectivity index (χ3n) is 5.64. The van der Waals surface area contributed by atoms with Crippen molar-refractivity contribution in [3.05, 3.63) is 29.8 Å². The molecule has 2 amide bonds. The van der Waals surface area contributed by atoms with E-state index in [1.165, 1.54) is 12.8 Å². The van der Waals surface area contributed by atoms with Gasteiger partial charge in [-0.2, -0.15) is 5.10 Å². The number of piperidine rings is 1. The number of nitrogens with zero attached hydrogens (tertiary/aromatic N) is 6. The van der Waals surface area contributed by atoms with E-state index in [0.29, 0.717) is 23.9 Å². The summed E-state index contributed by atoms with van der Waals surface area (Å²) in [6.07, 6.45) is 9.64. The quantitative estimate of drug-likeness (QED) is 0.773. The van der Waals surface area contributed by atoms with Gasteiger partial charge in [0, 0.05) is 38.9 Å². The van der Waals surface area contributed by atoms with Gasteiger partial charge in [-0.05, 0) is 50.5 Å². The normalized spacial score (nSPS) is 19.6. The highest BCUT2D eigenvalue weighted by Gasteiger charge is 2.29. The first-order valence-electron chi connectivity index (χ1n) is 10.1. The summed E-state index contributed by atoms with van der Waals surface area (Å²) in [5, 5.41) is 15.1. The lowest BCUT2D eigenvalue weighted by atomic mass is 9.99. The van der Waals surface area contributed by atoms with Crippen LogP contribution < -0.4 is 5.32 Å². The first-order chi connectivity index (χ1) is 13.6. The number of likely N-dealkylation sites (tertiary alicyclic amines) is 1. The highest BCUT2D eigenvalue weighted by atomic mass is 16.2. The van der Waals surface area contributed by atoms with E-state index in [0.717, 1.165) is 38.8 Å². The summed E-state index contributed by atoms with van der Waals surface area (Å²) >= 11 is 0. The van der Waals surface area contributed by atoms with Crippen molar-refractivity contribution in [1.29, 1.82) is 0 Å². The SMILES string of the molecule is Cn1nccc1C(=O)N1CCCCC1CCn1cc(C(=O)NCC2CC2)nn1. The molecule has 9 heteroatoms. The number of nitrogens with one attached hydrogen (secondary N) is 1. The number of carbonyl (C=O) groups excluding carboxylic acids is 2. The fraction of sp³-hybridized carbons (Fsp3) is 0.632. The minimum atomic E-state index is -0.163. The van der Waals surface area contributed by atoms with Gasteiger partial charge in [0.2, 0.25) is 0 Å². The maximum Gasteiger partial charge on any atom is 0.273 e. The lowest BCUT2D eigenvalue weighted by molar-refractivity contribution is 0.0582. The van der Waals surface area contributed by atoms with Crippen LogP contribution >= 0.6 is 0 Å². The van der Waals surface area contributed by atoms with Crippen LogP contribution in [0.5, 0.6) is 0 Å². The van der Waals surface area contributed by atoms with Gasteiger partial charge in [-0.25, -0.2) is 0 Å². The molecule has 150 valence electrons. The van der Waals surface area contributed by atoms with E-state index in [2.05, 4.69) is 20.7 Å². The summed E-state index contributed by atoms with van der Waals surface area (Å²) in [5.41, 5.74) is 0.967. The third-order valence-corrected chi connectivity index (χ3v) is 5.64. The molecule has 1 aliphatic heterocycles. The van der Waals surface area contributed by atoms with Crippen molar-refractivity contribution in [2.24, 2.45) is 13.0 Å². The zero-order valence-electron chi connectivity index (χ0n) is 16.3. The van der Waals surface area contributed by atoms with Crippen LogP contribution in [-0.4, -0.2) is 60.6 Å². The lowest BCUT2D eigenvalue weighted by Crippen LogP contribution is -2.44. The van der Waals surface area contributed by atoms with Crippen molar-refractivity contribution >= 4 is 11.8 Å². The molecule has 3 heterocycles. The summed E-state index contributed by atoms with van der Waals surface area (Å²) in [5.74, 6) is 0.500. The monoisotopic (exact) mass is 385 g/mol. The Morgan fingerprint density at radius 3 is 2.86 bits per heavy atom. The van der Waals surface area contributed by atoms with Crippen LogP contribution in [0, 0.1) is 5.92 Å². The Kier molecular flexibility index (Phi) is 5.40. The first-order valence-corrected chi connectivity index (χ1v) is 10.1. The summed E-state index contributed by atoms with van der Waals surface area (Å²) in [7, 11) is 1.79. The standard InChI is InChI=1S/C19H27N7O2/c1-24-17(7-9-21-24)19(28)26-10-3-2-4-15(26)8-11-25-13-16(22-23-25)18(27)20-12-14-5-6-14/h7,9,13-15H,2-6,8,10-12H2,1H3,(H,20,27). The molecule has 2 aromatic heterocycles. The van der Waals surface area contributed by atoms with Crippen molar-refractivity contribution in [2.75, 3.05) is 13.1 Å². The molecule has 2 aromatic rings. The van der Waals surface area contributed by atoms with Gasteiger partial charge in [0.15, 0.2) is 5.69 Å². The van der Waals surface area contributed by atoms with Gasteiger partial charge in [0.25, 0.3) is 11.8 Å². The van der Waals surface area contributed by atoms with Gasteiger partial charge >= 0.3 is 0 Å². The van der Waals surface area contributed by atoms with Gasteiger partial charge in [0.05, 0.1) is 6.20 Å². The minimum absolute atomic E-state index is 0.0310. The molecule has 2 aliphatic rings. The highest BCUT2D eigenvalue weighted by Crippen LogP contribution is 2.27. The van der Waals surface area contributed by atoms with Crippen molar-refractivity contribution in [3.8, 4) is 0 Å². The highest BCUT2D eigenvalue weighted by molar-refractivity contribution is 5.93. The summed E-state index contributed by atoms with van der Waals surface area (Å²) in [6.45, 7) is 2.11. The minimum Gasteiger partial charge on any atom is -0.350 e. The van der Waals surface area contributed by atoms with Crippen LogP contribution in [-0.2, 0) is 13.6 Å². The van der Waals surface area contributed by atoms with Gasteiger partial charge in [0.1, 0.15) is 5.69 Å². The lowest BCUT2D eigenvalue weighted by Gasteiger charge is -2.35. The Labute approximate surface area is 164 Å². The van der Waals surface area contributed by atoms with Crippen molar-refractivity contribution in [3.63, 3.8) is 0 Å². The van der Waals surface area contributed by atoms with Crippen LogP contribution in [0.3, 0.4) is 0 Å². The molecular formula is C19H27N7O2. The molecule has 0 aromatic carbocycles. The second-order valence-corrected chi connectivity index (χ2v) is 7.80. The van der Waals surface area contributed by atoms with Crippen LogP contribution in [0.25, 0.3) is 0 Å². The van der Waals surface area contributed by atoms with E-state index in [1.54, 1.807) is 34.9 Å². The van der Waals surface area contributed by atoms with E-state index in [4.69, 9.17) is 0 Å². The van der Waals surface area contributed by atoms with Crippen LogP contribution in [0.2, 0.25) is 0 Å². The topological polar surface area (TPSA) is 97.9 Å². The molecule has 0 radical (unpaired) electrons. The van der Waals surface area contributed by atoms with Gasteiger partial charge < -0.3 is 10.2 Å². The fourth-order valence-corrected chi connectivity index (χ4v) is 3.74. The molecule has 0 bridgehead atoms. The number of carbonyl (C=O) groups is 2. The third kappa shape index (κ3) is 4.23. The number of aromatic nitrogens is 5. The van der Waals surface area contributed by atoms with Gasteiger partial charge in [-0.1, -0.05) is 5.21 Å². The second-order valence-electron chi connectivity index (χ2n) is 7.80. The maximum atomic E-state index is 12.9. The largest absolute Gasteiger partial charge is 0.350 e. The van der Waals surface area contributed by atoms with E-state index in [9.17, 15) is 9.59 Å². The molecule has 1 atom stereocenters. The van der Waals surface area contributed by atoms with Crippen molar-refractivity contribution < 1.29 is 9.59 Å². The zero-order chi connectivity index (χ0) is 19.5. The van der Waals surface area contributed by atoms with E-state index in [-0.39, 0.29) is 17.9 Å². The van der Waals surface area contributed by atoms with Gasteiger partial charge in [-0.15, -0.1) is 5.10 Å². The van der Waals surface area contributed by atoms with Crippen LogP contribution in [0.15, 0.2) is 18.5 Å². The van der Waals surface area contributed by atoms with E-state index < -0.39 is 0 Å². The van der Waals surface area contributed by atoms with E-state index in [1.807, 2.05) is 4.90 Å². The second kappa shape index (κ2) is 8.12. The summed E-state index contributed by atoms with van der Waals surface area (Å²) in [6, 6.07) is 1.92. The molecule has 2 fully saturated rings. The fourth-order valence-electron chi connectivity index (χ4n) is 3.74. The Bertz CT molecular complexity index is 839. The number of hydrogen-bond acceptors (Lipinski definition) is 5. The zero-order valence-corrected chi connectivity index (χ0v) is 16.3. The Morgan fingerprint density at radius 2 is 2.11 bits per heavy atom. The molecule has 9 nitrogen and oxygen atoms in total. The molecule has 1 saturated heterocycles. The average Bonchev–Trinajstić information content (AvgIpc) is 3.24. The first kappa shape index (κ1) is 18.6.